The zero-order valence-corrected chi connectivity index (χ0v) is 8.66. The molecular weight excluding hydrogens is 176 g/mol. The summed E-state index contributed by atoms with van der Waals surface area (Å²) in [6.45, 7) is 6.10. The van der Waals surface area contributed by atoms with Crippen LogP contribution in [0, 0.1) is 13.8 Å². The molecule has 14 heavy (non-hydrogen) atoms. The summed E-state index contributed by atoms with van der Waals surface area (Å²) in [5.41, 5.74) is 6.46. The summed E-state index contributed by atoms with van der Waals surface area (Å²) in [6.07, 6.45) is -0.0911. The maximum atomic E-state index is 5.14. The third-order valence-electron chi connectivity index (χ3n) is 2.42. The topological polar surface area (TPSA) is 33.6 Å². The standard InChI is InChI=1S/C11H14N2O/c1-7-4-5-10(6-8(7)2)11-12-9(3)14-13-11/h4-6,9H,1-3H3,(H,12,13). The molecule has 0 saturated carbocycles. The predicted molar refractivity (Wildman–Crippen MR) is 56.1 cm³/mol. The third kappa shape index (κ3) is 1.63. The Morgan fingerprint density at radius 1 is 1.29 bits per heavy atom. The molecule has 0 radical (unpaired) electrons. The Kier molecular flexibility index (Phi) is 2.25. The van der Waals surface area contributed by atoms with Crippen LogP contribution in [0.1, 0.15) is 23.6 Å². The van der Waals surface area contributed by atoms with Gasteiger partial charge in [-0.3, -0.25) is 0 Å². The molecule has 0 aliphatic carbocycles. The summed E-state index contributed by atoms with van der Waals surface area (Å²) in [5.74, 6) is 0.820. The molecular formula is C11H14N2O. The Bertz CT molecular complexity index is 385. The molecule has 0 aromatic heterocycles. The number of nitrogens with one attached hydrogen (secondary N) is 1. The first-order chi connectivity index (χ1) is 6.66. The van der Waals surface area contributed by atoms with Crippen LogP contribution < -0.4 is 5.48 Å². The van der Waals surface area contributed by atoms with Gasteiger partial charge in [0, 0.05) is 5.56 Å². The highest BCUT2D eigenvalue weighted by Gasteiger charge is 2.14. The second-order valence-corrected chi connectivity index (χ2v) is 3.60. The van der Waals surface area contributed by atoms with E-state index < -0.39 is 0 Å². The molecule has 1 heterocycles. The van der Waals surface area contributed by atoms with E-state index in [1.807, 2.05) is 6.92 Å². The molecule has 0 fully saturated rings. The lowest BCUT2D eigenvalue weighted by Gasteiger charge is -2.04. The average molecular weight is 190 g/mol. The molecule has 1 aromatic rings. The van der Waals surface area contributed by atoms with E-state index >= 15 is 0 Å². The van der Waals surface area contributed by atoms with Gasteiger partial charge in [0.1, 0.15) is 0 Å². The molecule has 0 bridgehead atoms. The van der Waals surface area contributed by atoms with Crippen LogP contribution in [0.5, 0.6) is 0 Å². The quantitative estimate of drug-likeness (QED) is 0.734. The van der Waals surface area contributed by atoms with Gasteiger partial charge in [0.2, 0.25) is 0 Å². The van der Waals surface area contributed by atoms with Crippen molar-refractivity contribution in [3.05, 3.63) is 34.9 Å². The fourth-order valence-corrected chi connectivity index (χ4v) is 1.40. The third-order valence-corrected chi connectivity index (χ3v) is 2.42. The fourth-order valence-electron chi connectivity index (χ4n) is 1.40. The first-order valence-electron chi connectivity index (χ1n) is 4.74. The molecule has 3 nitrogen and oxygen atoms in total. The van der Waals surface area contributed by atoms with E-state index in [4.69, 9.17) is 4.84 Å². The van der Waals surface area contributed by atoms with Gasteiger partial charge in [-0.05, 0) is 38.0 Å². The number of aliphatic imine (C=N–C) groups is 1. The van der Waals surface area contributed by atoms with Crippen LogP contribution in [0.15, 0.2) is 23.2 Å². The van der Waals surface area contributed by atoms with Crippen LogP contribution in [0.4, 0.5) is 0 Å². The fraction of sp³-hybridized carbons (Fsp3) is 0.364. The van der Waals surface area contributed by atoms with Crippen molar-refractivity contribution < 1.29 is 4.84 Å². The Labute approximate surface area is 83.8 Å². The van der Waals surface area contributed by atoms with Crippen LogP contribution in [0.3, 0.4) is 0 Å². The highest BCUT2D eigenvalue weighted by atomic mass is 16.7. The minimum absolute atomic E-state index is 0.0911. The van der Waals surface area contributed by atoms with Crippen molar-refractivity contribution in [2.24, 2.45) is 4.99 Å². The summed E-state index contributed by atoms with van der Waals surface area (Å²) in [6, 6.07) is 6.26. The van der Waals surface area contributed by atoms with Crippen molar-refractivity contribution in [3.63, 3.8) is 0 Å². The van der Waals surface area contributed by atoms with Crippen LogP contribution in [-0.2, 0) is 4.84 Å². The van der Waals surface area contributed by atoms with Gasteiger partial charge < -0.3 is 0 Å². The minimum atomic E-state index is -0.0911. The molecule has 1 aromatic carbocycles. The molecule has 1 atom stereocenters. The van der Waals surface area contributed by atoms with Crippen LogP contribution >= 0.6 is 0 Å². The number of amidine groups is 1. The average Bonchev–Trinajstić information content (AvgIpc) is 2.57. The van der Waals surface area contributed by atoms with E-state index in [0.29, 0.717) is 0 Å². The number of rotatable bonds is 1. The highest BCUT2D eigenvalue weighted by molar-refractivity contribution is 5.99. The van der Waals surface area contributed by atoms with E-state index in [1.54, 1.807) is 0 Å². The van der Waals surface area contributed by atoms with Gasteiger partial charge in [0.05, 0.1) is 0 Å². The molecule has 1 aliphatic rings. The van der Waals surface area contributed by atoms with Crippen molar-refractivity contribution >= 4 is 5.84 Å². The van der Waals surface area contributed by atoms with Crippen molar-refractivity contribution in [2.75, 3.05) is 0 Å². The largest absolute Gasteiger partial charge is 0.248 e. The number of hydroxylamine groups is 1. The second-order valence-electron chi connectivity index (χ2n) is 3.60. The van der Waals surface area contributed by atoms with Crippen molar-refractivity contribution in [2.45, 2.75) is 27.0 Å². The van der Waals surface area contributed by atoms with E-state index in [1.165, 1.54) is 11.1 Å². The Balaban J connectivity index is 2.34. The number of hydrogen-bond donors (Lipinski definition) is 1. The molecule has 1 N–H and O–H groups in total. The molecule has 1 aliphatic heterocycles. The van der Waals surface area contributed by atoms with Crippen molar-refractivity contribution in [1.82, 2.24) is 5.48 Å². The van der Waals surface area contributed by atoms with Gasteiger partial charge in [-0.1, -0.05) is 12.1 Å². The second kappa shape index (κ2) is 3.42. The zero-order valence-electron chi connectivity index (χ0n) is 8.66. The molecule has 0 saturated heterocycles. The van der Waals surface area contributed by atoms with Crippen LogP contribution in [-0.4, -0.2) is 12.1 Å². The van der Waals surface area contributed by atoms with E-state index in [9.17, 15) is 0 Å². The first kappa shape index (κ1) is 9.21. The molecule has 74 valence electrons. The van der Waals surface area contributed by atoms with E-state index in [2.05, 4.69) is 42.5 Å². The molecule has 1 unspecified atom stereocenters. The van der Waals surface area contributed by atoms with Gasteiger partial charge in [-0.15, -0.1) is 0 Å². The number of nitrogens with zero attached hydrogens (tertiary/aromatic N) is 1. The Morgan fingerprint density at radius 3 is 2.64 bits per heavy atom. The van der Waals surface area contributed by atoms with Gasteiger partial charge in [-0.25, -0.2) is 15.3 Å². The number of aryl methyl sites for hydroxylation is 2. The lowest BCUT2D eigenvalue weighted by atomic mass is 10.1. The van der Waals surface area contributed by atoms with Crippen LogP contribution in [0.2, 0.25) is 0 Å². The first-order valence-corrected chi connectivity index (χ1v) is 4.74. The molecule has 0 spiro atoms. The summed E-state index contributed by atoms with van der Waals surface area (Å²) < 4.78 is 0. The van der Waals surface area contributed by atoms with Crippen LogP contribution in [0.25, 0.3) is 0 Å². The zero-order chi connectivity index (χ0) is 10.1. The van der Waals surface area contributed by atoms with Gasteiger partial charge in [0.25, 0.3) is 0 Å². The summed E-state index contributed by atoms with van der Waals surface area (Å²) in [7, 11) is 0. The molecule has 0 amide bonds. The molecule has 2 rings (SSSR count). The highest BCUT2D eigenvalue weighted by Crippen LogP contribution is 2.12. The maximum absolute atomic E-state index is 5.14. The van der Waals surface area contributed by atoms with Gasteiger partial charge in [-0.2, -0.15) is 0 Å². The van der Waals surface area contributed by atoms with Crippen molar-refractivity contribution in [3.8, 4) is 0 Å². The summed E-state index contributed by atoms with van der Waals surface area (Å²) >= 11 is 0. The number of hydrogen-bond acceptors (Lipinski definition) is 3. The number of benzene rings is 1. The lowest BCUT2D eigenvalue weighted by Crippen LogP contribution is -2.18. The normalized spacial score (nSPS) is 20.5. The maximum Gasteiger partial charge on any atom is 0.174 e. The van der Waals surface area contributed by atoms with E-state index in [-0.39, 0.29) is 6.23 Å². The van der Waals surface area contributed by atoms with Gasteiger partial charge >= 0.3 is 0 Å². The Morgan fingerprint density at radius 2 is 2.07 bits per heavy atom. The monoisotopic (exact) mass is 190 g/mol. The lowest BCUT2D eigenvalue weighted by molar-refractivity contribution is 0.0504. The predicted octanol–water partition coefficient (Wildman–Crippen LogP) is 1.93. The van der Waals surface area contributed by atoms with E-state index in [0.717, 1.165) is 11.4 Å². The smallest absolute Gasteiger partial charge is 0.174 e. The SMILES string of the molecule is Cc1ccc(C2=NC(C)ON2)cc1C. The Hall–Kier alpha value is -1.35. The van der Waals surface area contributed by atoms with Crippen molar-refractivity contribution in [1.29, 1.82) is 0 Å². The minimum Gasteiger partial charge on any atom is -0.248 e. The molecule has 3 heteroatoms. The summed E-state index contributed by atoms with van der Waals surface area (Å²) in [4.78, 5) is 9.45. The van der Waals surface area contributed by atoms with Gasteiger partial charge in [0.15, 0.2) is 12.1 Å². The summed E-state index contributed by atoms with van der Waals surface area (Å²) in [5, 5.41) is 0.